The van der Waals surface area contributed by atoms with Crippen LogP contribution in [0, 0.1) is 18.7 Å². The minimum atomic E-state index is -0.574. The van der Waals surface area contributed by atoms with Gasteiger partial charge in [-0.15, -0.1) is 0 Å². The van der Waals surface area contributed by atoms with Gasteiger partial charge in [0.25, 0.3) is 0 Å². The molecule has 2 aromatic carbocycles. The van der Waals surface area contributed by atoms with E-state index < -0.39 is 5.82 Å². The van der Waals surface area contributed by atoms with Crippen molar-refractivity contribution >= 4 is 40.8 Å². The minimum Gasteiger partial charge on any atom is -0.493 e. The Bertz CT molecular complexity index is 1130. The van der Waals surface area contributed by atoms with Crippen molar-refractivity contribution < 1.29 is 18.6 Å². The number of benzene rings is 2. The molecule has 1 aromatic heterocycles. The van der Waals surface area contributed by atoms with E-state index in [2.05, 4.69) is 39.2 Å². The highest BCUT2D eigenvalue weighted by molar-refractivity contribution is 7.99. The number of aryl methyl sites for hydroxylation is 1. The topological polar surface area (TPSA) is 89.6 Å². The van der Waals surface area contributed by atoms with Crippen molar-refractivity contribution in [3.63, 3.8) is 0 Å². The summed E-state index contributed by atoms with van der Waals surface area (Å²) in [5.74, 6) is 1.50. The largest absolute Gasteiger partial charge is 0.493 e. The molecule has 0 bridgehead atoms. The second-order valence-corrected chi connectivity index (χ2v) is 8.47. The number of methoxy groups -OCH3 is 2. The molecule has 182 valence electrons. The first-order valence-electron chi connectivity index (χ1n) is 10.7. The fourth-order valence-corrected chi connectivity index (χ4v) is 3.62. The highest BCUT2D eigenvalue weighted by atomic mass is 32.2. The van der Waals surface area contributed by atoms with Crippen LogP contribution >= 0.6 is 11.9 Å². The second-order valence-electron chi connectivity index (χ2n) is 7.86. The minimum absolute atomic E-state index is 0.0454. The number of rotatable bonds is 11. The van der Waals surface area contributed by atoms with Gasteiger partial charge in [0.2, 0.25) is 11.7 Å². The smallest absolute Gasteiger partial charge is 0.229 e. The van der Waals surface area contributed by atoms with Crippen LogP contribution in [0.4, 0.5) is 33.2 Å². The van der Waals surface area contributed by atoms with E-state index in [0.717, 1.165) is 17.4 Å². The van der Waals surface area contributed by atoms with Crippen molar-refractivity contribution in [2.45, 2.75) is 20.8 Å². The lowest BCUT2D eigenvalue weighted by Gasteiger charge is -2.17. The predicted octanol–water partition coefficient (Wildman–Crippen LogP) is 6.15. The summed E-state index contributed by atoms with van der Waals surface area (Å²) in [6, 6.07) is 9.23. The number of anilines is 5. The maximum absolute atomic E-state index is 14.6. The van der Waals surface area contributed by atoms with Gasteiger partial charge in [-0.05, 0) is 24.5 Å². The molecule has 0 unspecified atom stereocenters. The number of nitrogens with zero attached hydrogens (tertiary/aromatic N) is 2. The van der Waals surface area contributed by atoms with Gasteiger partial charge >= 0.3 is 0 Å². The Balaban J connectivity index is 1.91. The highest BCUT2D eigenvalue weighted by Crippen LogP contribution is 2.41. The van der Waals surface area contributed by atoms with Crippen LogP contribution in [-0.2, 0) is 0 Å². The lowest BCUT2D eigenvalue weighted by atomic mass is 10.2. The molecule has 34 heavy (non-hydrogen) atoms. The summed E-state index contributed by atoms with van der Waals surface area (Å²) in [6.45, 7) is 6.60. The van der Waals surface area contributed by atoms with Gasteiger partial charge in [0.1, 0.15) is 0 Å². The summed E-state index contributed by atoms with van der Waals surface area (Å²) in [5.41, 5.74) is 3.18. The maximum atomic E-state index is 14.6. The molecular weight excluding hydrogens is 457 g/mol. The molecule has 10 heteroatoms. The molecule has 3 rings (SSSR count). The molecule has 3 N–H and O–H groups in total. The second kappa shape index (κ2) is 11.6. The number of ether oxygens (including phenoxy) is 3. The fraction of sp³-hybridized carbons (Fsp3) is 0.333. The van der Waals surface area contributed by atoms with Crippen LogP contribution in [0.25, 0.3) is 0 Å². The lowest BCUT2D eigenvalue weighted by Crippen LogP contribution is -2.07. The van der Waals surface area contributed by atoms with Crippen molar-refractivity contribution in [3.8, 4) is 17.2 Å². The van der Waals surface area contributed by atoms with Crippen molar-refractivity contribution in [3.05, 3.63) is 47.9 Å². The van der Waals surface area contributed by atoms with Crippen LogP contribution in [0.2, 0.25) is 0 Å². The van der Waals surface area contributed by atoms with E-state index in [0.29, 0.717) is 41.1 Å². The summed E-state index contributed by atoms with van der Waals surface area (Å²) < 4.78 is 34.6. The van der Waals surface area contributed by atoms with E-state index in [1.54, 1.807) is 26.4 Å². The molecule has 0 saturated carbocycles. The van der Waals surface area contributed by atoms with Crippen molar-refractivity contribution in [2.24, 2.45) is 5.92 Å². The molecule has 0 spiro atoms. The number of aromatic nitrogens is 2. The Morgan fingerprint density at radius 3 is 2.53 bits per heavy atom. The van der Waals surface area contributed by atoms with Gasteiger partial charge in [0.15, 0.2) is 23.1 Å². The molecule has 3 aromatic rings. The van der Waals surface area contributed by atoms with Gasteiger partial charge in [-0.2, -0.15) is 4.98 Å². The van der Waals surface area contributed by atoms with Crippen LogP contribution < -0.4 is 29.6 Å². The zero-order valence-electron chi connectivity index (χ0n) is 20.2. The third kappa shape index (κ3) is 6.13. The first kappa shape index (κ1) is 25.2. The molecule has 0 aliphatic heterocycles. The highest BCUT2D eigenvalue weighted by Gasteiger charge is 2.16. The van der Waals surface area contributed by atoms with Gasteiger partial charge < -0.3 is 29.6 Å². The molecular formula is C24H30FN5O3S. The summed E-state index contributed by atoms with van der Waals surface area (Å²) in [6.07, 6.45) is 3.04. The van der Waals surface area contributed by atoms with E-state index in [1.165, 1.54) is 11.9 Å². The predicted molar refractivity (Wildman–Crippen MR) is 137 cm³/mol. The quantitative estimate of drug-likeness (QED) is 0.275. The molecule has 0 aliphatic rings. The molecule has 0 aliphatic carbocycles. The Morgan fingerprint density at radius 2 is 1.85 bits per heavy atom. The number of para-hydroxylation sites is 1. The normalized spacial score (nSPS) is 10.7. The monoisotopic (exact) mass is 487 g/mol. The molecule has 1 heterocycles. The van der Waals surface area contributed by atoms with Gasteiger partial charge in [0.05, 0.1) is 38.4 Å². The first-order valence-corrected chi connectivity index (χ1v) is 11.9. The fourth-order valence-electron chi connectivity index (χ4n) is 3.15. The van der Waals surface area contributed by atoms with Crippen molar-refractivity contribution in [1.82, 2.24) is 9.97 Å². The Hall–Kier alpha value is -3.40. The summed E-state index contributed by atoms with van der Waals surface area (Å²) >= 11 is 1.45. The molecule has 0 radical (unpaired) electrons. The van der Waals surface area contributed by atoms with E-state index >= 15 is 0 Å². The standard InChI is InChI=1S/C24H30FN5O3S/c1-14(2)13-33-20-11-16(10-19(31-4)22(20)32-5)27-24-26-12-17(25)23(29-24)28-18-9-7-8-15(3)21(18)30-34-6/h7-12,14,30H,13H2,1-6H3,(H2,26,27,28,29). The average molecular weight is 488 g/mol. The number of halogens is 1. The molecule has 0 amide bonds. The third-order valence-electron chi connectivity index (χ3n) is 4.75. The van der Waals surface area contributed by atoms with E-state index in [9.17, 15) is 4.39 Å². The zero-order chi connectivity index (χ0) is 24.7. The van der Waals surface area contributed by atoms with E-state index in [1.807, 2.05) is 31.4 Å². The van der Waals surface area contributed by atoms with Crippen molar-refractivity contribution in [2.75, 3.05) is 42.4 Å². The summed E-state index contributed by atoms with van der Waals surface area (Å²) in [5, 5.41) is 6.16. The van der Waals surface area contributed by atoms with Crippen LogP contribution in [0.3, 0.4) is 0 Å². The molecule has 0 saturated heterocycles. The van der Waals surface area contributed by atoms with Crippen LogP contribution in [0.5, 0.6) is 17.2 Å². The first-order chi connectivity index (χ1) is 16.4. The third-order valence-corrected chi connectivity index (χ3v) is 5.16. The summed E-state index contributed by atoms with van der Waals surface area (Å²) in [4.78, 5) is 8.42. The number of hydrogen-bond acceptors (Lipinski definition) is 9. The van der Waals surface area contributed by atoms with Gasteiger partial charge in [-0.25, -0.2) is 9.37 Å². The summed E-state index contributed by atoms with van der Waals surface area (Å²) in [7, 11) is 3.10. The van der Waals surface area contributed by atoms with Gasteiger partial charge in [-0.3, -0.25) is 0 Å². The molecule has 8 nitrogen and oxygen atoms in total. The van der Waals surface area contributed by atoms with Crippen molar-refractivity contribution in [1.29, 1.82) is 0 Å². The maximum Gasteiger partial charge on any atom is 0.229 e. The lowest BCUT2D eigenvalue weighted by molar-refractivity contribution is 0.252. The Kier molecular flexibility index (Phi) is 8.64. The van der Waals surface area contributed by atoms with Crippen LogP contribution in [0.1, 0.15) is 19.4 Å². The van der Waals surface area contributed by atoms with Crippen LogP contribution in [0.15, 0.2) is 36.5 Å². The SMILES string of the molecule is COc1cc(Nc2ncc(F)c(Nc3cccc(C)c3NSC)n2)cc(OCC(C)C)c1OC. The van der Waals surface area contributed by atoms with Crippen LogP contribution in [-0.4, -0.2) is 37.1 Å². The van der Waals surface area contributed by atoms with Gasteiger partial charge in [0, 0.05) is 24.1 Å². The van der Waals surface area contributed by atoms with Gasteiger partial charge in [-0.1, -0.05) is 37.9 Å². The zero-order valence-corrected chi connectivity index (χ0v) is 21.0. The Labute approximate surface area is 203 Å². The number of hydrogen-bond donors (Lipinski definition) is 3. The Morgan fingerprint density at radius 1 is 1.09 bits per heavy atom. The molecule has 0 atom stereocenters. The molecule has 0 fully saturated rings. The number of nitrogens with one attached hydrogen (secondary N) is 3. The average Bonchev–Trinajstić information content (AvgIpc) is 2.81. The van der Waals surface area contributed by atoms with E-state index in [4.69, 9.17) is 14.2 Å². The van der Waals surface area contributed by atoms with E-state index in [-0.39, 0.29) is 11.8 Å².